The Morgan fingerprint density at radius 2 is 1.49 bits per heavy atom. The van der Waals surface area contributed by atoms with E-state index in [1.165, 1.54) is 12.1 Å². The van der Waals surface area contributed by atoms with E-state index in [4.69, 9.17) is 11.5 Å². The summed E-state index contributed by atoms with van der Waals surface area (Å²) in [6.07, 6.45) is 2.08. The normalized spacial score (nSPS) is 15.2. The van der Waals surface area contributed by atoms with Crippen LogP contribution in [0, 0.1) is 11.8 Å². The number of rotatable bonds is 16. The number of carboxylic acids is 1. The van der Waals surface area contributed by atoms with Crippen LogP contribution >= 0.6 is 0 Å². The standard InChI is InChI=1S/C26H43N5O6/c1-5-16(4)21(28)24(34)31-22(15(2)3)25(35)29-19(8-6-7-13-27)23(33)30-20(26(36)37)14-17-9-11-18(32)12-10-17/h9-12,15-16,19-22,32H,5-8,13-14,27-28H2,1-4H3,(H,29,35)(H,30,33)(H,31,34)(H,36,37). The zero-order valence-electron chi connectivity index (χ0n) is 22.2. The lowest BCUT2D eigenvalue weighted by Gasteiger charge is -2.28. The molecule has 1 aromatic carbocycles. The maximum Gasteiger partial charge on any atom is 0.326 e. The second-order valence-corrected chi connectivity index (χ2v) is 9.76. The van der Waals surface area contributed by atoms with Crippen LogP contribution in [0.15, 0.2) is 24.3 Å². The highest BCUT2D eigenvalue weighted by Crippen LogP contribution is 2.13. The SMILES string of the molecule is CCC(C)C(N)C(=O)NC(C(=O)NC(CCCCN)C(=O)NC(Cc1ccc(O)cc1)C(=O)O)C(C)C. The summed E-state index contributed by atoms with van der Waals surface area (Å²) in [4.78, 5) is 50.7. The molecule has 0 heterocycles. The fraction of sp³-hybridized carbons (Fsp3) is 0.615. The van der Waals surface area contributed by atoms with E-state index in [1.54, 1.807) is 26.0 Å². The van der Waals surface area contributed by atoms with Gasteiger partial charge in [0.05, 0.1) is 6.04 Å². The molecule has 0 aliphatic carbocycles. The van der Waals surface area contributed by atoms with Crippen LogP contribution in [0.1, 0.15) is 58.9 Å². The molecule has 0 saturated carbocycles. The molecular weight excluding hydrogens is 478 g/mol. The predicted molar refractivity (Wildman–Crippen MR) is 140 cm³/mol. The minimum Gasteiger partial charge on any atom is -0.508 e. The highest BCUT2D eigenvalue weighted by atomic mass is 16.4. The summed E-state index contributed by atoms with van der Waals surface area (Å²) in [7, 11) is 0. The van der Waals surface area contributed by atoms with Crippen LogP contribution in [0.4, 0.5) is 0 Å². The van der Waals surface area contributed by atoms with E-state index < -0.39 is 47.9 Å². The zero-order valence-corrected chi connectivity index (χ0v) is 22.2. The monoisotopic (exact) mass is 521 g/mol. The van der Waals surface area contributed by atoms with Gasteiger partial charge in [0.25, 0.3) is 0 Å². The Balaban J connectivity index is 3.01. The first-order valence-electron chi connectivity index (χ1n) is 12.8. The zero-order chi connectivity index (χ0) is 28.1. The van der Waals surface area contributed by atoms with Crippen molar-refractivity contribution in [2.75, 3.05) is 6.54 Å². The number of phenolic OH excluding ortho intramolecular Hbond substituents is 1. The van der Waals surface area contributed by atoms with Crippen molar-refractivity contribution in [2.45, 2.75) is 84.0 Å². The van der Waals surface area contributed by atoms with Crippen LogP contribution in [-0.4, -0.2) is 64.6 Å². The number of benzene rings is 1. The number of phenols is 1. The van der Waals surface area contributed by atoms with Crippen molar-refractivity contribution in [3.8, 4) is 5.75 Å². The van der Waals surface area contributed by atoms with Gasteiger partial charge in [-0.2, -0.15) is 0 Å². The molecule has 0 aliphatic heterocycles. The molecule has 5 atom stereocenters. The van der Waals surface area contributed by atoms with Crippen LogP contribution in [0.2, 0.25) is 0 Å². The van der Waals surface area contributed by atoms with Crippen molar-refractivity contribution in [1.82, 2.24) is 16.0 Å². The smallest absolute Gasteiger partial charge is 0.326 e. The molecular formula is C26H43N5O6. The molecule has 1 rings (SSSR count). The molecule has 37 heavy (non-hydrogen) atoms. The lowest BCUT2D eigenvalue weighted by atomic mass is 9.97. The minimum atomic E-state index is -1.25. The summed E-state index contributed by atoms with van der Waals surface area (Å²) in [5, 5.41) is 27.0. The average molecular weight is 522 g/mol. The van der Waals surface area contributed by atoms with Crippen LogP contribution in [0.25, 0.3) is 0 Å². The molecule has 0 saturated heterocycles. The number of nitrogens with two attached hydrogens (primary N) is 2. The van der Waals surface area contributed by atoms with Crippen LogP contribution in [0.5, 0.6) is 5.75 Å². The van der Waals surface area contributed by atoms with Crippen LogP contribution < -0.4 is 27.4 Å². The first-order chi connectivity index (χ1) is 17.4. The number of nitrogens with one attached hydrogen (secondary N) is 3. The molecule has 0 radical (unpaired) electrons. The van der Waals surface area contributed by atoms with E-state index in [-0.39, 0.29) is 30.4 Å². The van der Waals surface area contributed by atoms with Gasteiger partial charge in [0.15, 0.2) is 0 Å². The quantitative estimate of drug-likeness (QED) is 0.154. The summed E-state index contributed by atoms with van der Waals surface area (Å²) in [5.74, 6) is -3.22. The third kappa shape index (κ3) is 10.8. The predicted octanol–water partition coefficient (Wildman–Crippen LogP) is 0.632. The van der Waals surface area contributed by atoms with Gasteiger partial charge in [0.2, 0.25) is 17.7 Å². The third-order valence-corrected chi connectivity index (χ3v) is 6.38. The molecule has 0 spiro atoms. The molecule has 0 aromatic heterocycles. The summed E-state index contributed by atoms with van der Waals surface area (Å²) < 4.78 is 0. The second kappa shape index (κ2) is 15.8. The molecule has 9 N–H and O–H groups in total. The fourth-order valence-corrected chi connectivity index (χ4v) is 3.66. The summed E-state index contributed by atoms with van der Waals surface area (Å²) in [6.45, 7) is 7.70. The molecule has 11 heteroatoms. The van der Waals surface area contributed by atoms with Crippen molar-refractivity contribution in [2.24, 2.45) is 23.3 Å². The maximum atomic E-state index is 13.2. The Labute approximate surface area is 218 Å². The minimum absolute atomic E-state index is 0.0109. The van der Waals surface area contributed by atoms with Crippen molar-refractivity contribution < 1.29 is 29.4 Å². The van der Waals surface area contributed by atoms with Crippen molar-refractivity contribution in [3.63, 3.8) is 0 Å². The van der Waals surface area contributed by atoms with Crippen LogP contribution in [-0.2, 0) is 25.6 Å². The number of hydrogen-bond donors (Lipinski definition) is 7. The Morgan fingerprint density at radius 3 is 2.00 bits per heavy atom. The second-order valence-electron chi connectivity index (χ2n) is 9.76. The number of amides is 3. The Kier molecular flexibility index (Phi) is 13.6. The van der Waals surface area contributed by atoms with Gasteiger partial charge in [-0.15, -0.1) is 0 Å². The van der Waals surface area contributed by atoms with Gasteiger partial charge in [0.1, 0.15) is 23.9 Å². The van der Waals surface area contributed by atoms with E-state index in [2.05, 4.69) is 16.0 Å². The number of carboxylic acid groups (broad SMARTS) is 1. The average Bonchev–Trinajstić information content (AvgIpc) is 2.85. The number of aliphatic carboxylic acids is 1. The van der Waals surface area contributed by atoms with Crippen LogP contribution in [0.3, 0.4) is 0 Å². The lowest BCUT2D eigenvalue weighted by Crippen LogP contribution is -2.59. The molecule has 11 nitrogen and oxygen atoms in total. The Bertz CT molecular complexity index is 892. The molecule has 5 unspecified atom stereocenters. The van der Waals surface area contributed by atoms with Gasteiger partial charge in [-0.3, -0.25) is 14.4 Å². The van der Waals surface area contributed by atoms with E-state index in [0.717, 1.165) is 0 Å². The number of carbonyl (C=O) groups excluding carboxylic acids is 3. The lowest BCUT2D eigenvalue weighted by molar-refractivity contribution is -0.142. The Hall–Kier alpha value is -3.18. The van der Waals surface area contributed by atoms with E-state index >= 15 is 0 Å². The van der Waals surface area contributed by atoms with E-state index in [1.807, 2.05) is 13.8 Å². The van der Waals surface area contributed by atoms with E-state index in [9.17, 15) is 29.4 Å². The van der Waals surface area contributed by atoms with Gasteiger partial charge in [-0.25, -0.2) is 4.79 Å². The number of carbonyl (C=O) groups is 4. The summed E-state index contributed by atoms with van der Waals surface area (Å²) in [5.41, 5.74) is 12.2. The first kappa shape index (κ1) is 31.8. The van der Waals surface area contributed by atoms with Crippen molar-refractivity contribution in [1.29, 1.82) is 0 Å². The van der Waals surface area contributed by atoms with Gasteiger partial charge in [-0.05, 0) is 55.3 Å². The summed E-state index contributed by atoms with van der Waals surface area (Å²) >= 11 is 0. The molecule has 0 aliphatic rings. The van der Waals surface area contributed by atoms with Gasteiger partial charge in [-0.1, -0.05) is 46.2 Å². The molecule has 0 bridgehead atoms. The van der Waals surface area contributed by atoms with Crippen molar-refractivity contribution >= 4 is 23.7 Å². The summed E-state index contributed by atoms with van der Waals surface area (Å²) in [6, 6.07) is 2.01. The largest absolute Gasteiger partial charge is 0.508 e. The van der Waals surface area contributed by atoms with Gasteiger partial charge < -0.3 is 37.6 Å². The molecule has 3 amide bonds. The highest BCUT2D eigenvalue weighted by Gasteiger charge is 2.32. The number of hydrogen-bond acceptors (Lipinski definition) is 7. The highest BCUT2D eigenvalue weighted by molar-refractivity contribution is 5.94. The first-order valence-corrected chi connectivity index (χ1v) is 12.8. The van der Waals surface area contributed by atoms with Gasteiger partial charge in [0, 0.05) is 6.42 Å². The third-order valence-electron chi connectivity index (χ3n) is 6.38. The molecule has 0 fully saturated rings. The maximum absolute atomic E-state index is 13.2. The van der Waals surface area contributed by atoms with E-state index in [0.29, 0.717) is 31.4 Å². The van der Waals surface area contributed by atoms with Crippen molar-refractivity contribution in [3.05, 3.63) is 29.8 Å². The number of unbranched alkanes of at least 4 members (excludes halogenated alkanes) is 1. The molecule has 1 aromatic rings. The van der Waals surface area contributed by atoms with Gasteiger partial charge >= 0.3 is 5.97 Å². The Morgan fingerprint density at radius 1 is 0.892 bits per heavy atom. The topological polar surface area (TPSA) is 197 Å². The number of aromatic hydroxyl groups is 1. The molecule has 208 valence electrons. The fourth-order valence-electron chi connectivity index (χ4n) is 3.66.